The van der Waals surface area contributed by atoms with E-state index in [1.165, 1.54) is 0 Å². The molecule has 14 heavy (non-hydrogen) atoms. The van der Waals surface area contributed by atoms with Gasteiger partial charge in [-0.2, -0.15) is 0 Å². The van der Waals surface area contributed by atoms with E-state index in [1.807, 2.05) is 32.3 Å². The highest BCUT2D eigenvalue weighted by Gasteiger charge is 2.02. The number of hydrogen-bond acceptors (Lipinski definition) is 3. The predicted octanol–water partition coefficient (Wildman–Crippen LogP) is 1.79. The number of rotatable bonds is 4. The summed E-state index contributed by atoms with van der Waals surface area (Å²) in [6.07, 6.45) is 0. The van der Waals surface area contributed by atoms with Crippen LogP contribution in [0.3, 0.4) is 0 Å². The maximum Gasteiger partial charge on any atom is 0.0930 e. The Hall–Kier alpha value is -0.610. The molecule has 0 aliphatic heterocycles. The monoisotopic (exact) mass is 214 g/mol. The Balaban J connectivity index is 2.79. The van der Waals surface area contributed by atoms with Crippen LogP contribution in [0.5, 0.6) is 0 Å². The van der Waals surface area contributed by atoms with Crippen LogP contribution in [0.2, 0.25) is 5.02 Å². The molecule has 0 aliphatic carbocycles. The smallest absolute Gasteiger partial charge is 0.0930 e. The van der Waals surface area contributed by atoms with Crippen LogP contribution in [0, 0.1) is 0 Å². The first-order chi connectivity index (χ1) is 6.63. The van der Waals surface area contributed by atoms with Crippen LogP contribution in [0.4, 0.5) is 0 Å². The first-order valence-corrected chi connectivity index (χ1v) is 4.75. The molecule has 2 N–H and O–H groups in total. The van der Waals surface area contributed by atoms with Crippen molar-refractivity contribution < 1.29 is 4.84 Å². The topological polar surface area (TPSA) is 38.5 Å². The van der Waals surface area contributed by atoms with Gasteiger partial charge in [0.15, 0.2) is 0 Å². The highest BCUT2D eigenvalue weighted by molar-refractivity contribution is 6.31. The Bertz CT molecular complexity index is 302. The minimum atomic E-state index is 0.391. The molecule has 0 fully saturated rings. The van der Waals surface area contributed by atoms with Gasteiger partial charge in [-0.3, -0.25) is 4.84 Å². The quantitative estimate of drug-likeness (QED) is 0.777. The van der Waals surface area contributed by atoms with E-state index in [9.17, 15) is 0 Å². The summed E-state index contributed by atoms with van der Waals surface area (Å²) in [5, 5.41) is 0.758. The molecular formula is C10H15ClN2O. The molecule has 0 bridgehead atoms. The van der Waals surface area contributed by atoms with E-state index in [2.05, 4.69) is 9.74 Å². The van der Waals surface area contributed by atoms with Gasteiger partial charge in [0, 0.05) is 11.6 Å². The second-order valence-corrected chi connectivity index (χ2v) is 3.88. The van der Waals surface area contributed by atoms with Crippen molar-refractivity contribution in [1.82, 2.24) is 4.90 Å². The molecule has 4 heteroatoms. The summed E-state index contributed by atoms with van der Waals surface area (Å²) in [7, 11) is 4.01. The standard InChI is InChI=1S/C10H15ClN2O/c1-13(2)6-9-4-3-8(7-14-12)5-10(9)11/h3-5H,6-7,12H2,1-2H3. The summed E-state index contributed by atoms with van der Waals surface area (Å²) in [6, 6.07) is 5.85. The van der Waals surface area contributed by atoms with Gasteiger partial charge < -0.3 is 4.90 Å². The SMILES string of the molecule is CN(C)Cc1ccc(CON)cc1Cl. The lowest BCUT2D eigenvalue weighted by atomic mass is 10.1. The fourth-order valence-electron chi connectivity index (χ4n) is 1.25. The van der Waals surface area contributed by atoms with Crippen molar-refractivity contribution in [3.8, 4) is 0 Å². The Morgan fingerprint density at radius 1 is 1.43 bits per heavy atom. The Morgan fingerprint density at radius 3 is 2.64 bits per heavy atom. The van der Waals surface area contributed by atoms with Crippen molar-refractivity contribution in [2.24, 2.45) is 5.90 Å². The summed E-state index contributed by atoms with van der Waals surface area (Å²) >= 11 is 6.09. The summed E-state index contributed by atoms with van der Waals surface area (Å²) in [5.74, 6) is 4.98. The second kappa shape index (κ2) is 5.32. The third kappa shape index (κ3) is 3.27. The van der Waals surface area contributed by atoms with Gasteiger partial charge in [0.05, 0.1) is 6.61 Å². The minimum Gasteiger partial charge on any atom is -0.305 e. The molecule has 0 saturated heterocycles. The molecule has 0 unspecified atom stereocenters. The van der Waals surface area contributed by atoms with Crippen LogP contribution < -0.4 is 5.90 Å². The van der Waals surface area contributed by atoms with Crippen LogP contribution in [-0.2, 0) is 18.0 Å². The zero-order valence-corrected chi connectivity index (χ0v) is 9.21. The van der Waals surface area contributed by atoms with E-state index >= 15 is 0 Å². The van der Waals surface area contributed by atoms with E-state index in [4.69, 9.17) is 17.5 Å². The van der Waals surface area contributed by atoms with Crippen molar-refractivity contribution in [2.75, 3.05) is 14.1 Å². The van der Waals surface area contributed by atoms with Gasteiger partial charge in [-0.15, -0.1) is 0 Å². The number of halogens is 1. The Morgan fingerprint density at radius 2 is 2.14 bits per heavy atom. The second-order valence-electron chi connectivity index (χ2n) is 3.47. The summed E-state index contributed by atoms with van der Waals surface area (Å²) in [6.45, 7) is 1.23. The normalized spacial score (nSPS) is 10.9. The lowest BCUT2D eigenvalue weighted by molar-refractivity contribution is 0.124. The van der Waals surface area contributed by atoms with Crippen LogP contribution in [-0.4, -0.2) is 19.0 Å². The molecule has 0 aliphatic rings. The van der Waals surface area contributed by atoms with E-state index in [1.54, 1.807) is 0 Å². The van der Waals surface area contributed by atoms with Gasteiger partial charge in [0.25, 0.3) is 0 Å². The molecule has 0 aromatic heterocycles. The summed E-state index contributed by atoms with van der Waals surface area (Å²) < 4.78 is 0. The number of benzene rings is 1. The third-order valence-corrected chi connectivity index (χ3v) is 2.21. The first-order valence-electron chi connectivity index (χ1n) is 4.37. The van der Waals surface area contributed by atoms with Gasteiger partial charge in [-0.1, -0.05) is 23.7 Å². The number of nitrogens with two attached hydrogens (primary N) is 1. The molecule has 0 radical (unpaired) electrons. The molecule has 1 rings (SSSR count). The maximum absolute atomic E-state index is 6.09. The zero-order valence-electron chi connectivity index (χ0n) is 8.46. The van der Waals surface area contributed by atoms with Crippen molar-refractivity contribution in [2.45, 2.75) is 13.2 Å². The maximum atomic E-state index is 6.09. The van der Waals surface area contributed by atoms with Crippen molar-refractivity contribution in [1.29, 1.82) is 0 Å². The zero-order chi connectivity index (χ0) is 10.6. The van der Waals surface area contributed by atoms with Crippen LogP contribution in [0.15, 0.2) is 18.2 Å². The highest BCUT2D eigenvalue weighted by atomic mass is 35.5. The lowest BCUT2D eigenvalue weighted by Crippen LogP contribution is -2.11. The third-order valence-electron chi connectivity index (χ3n) is 1.85. The first kappa shape index (κ1) is 11.5. The largest absolute Gasteiger partial charge is 0.305 e. The molecule has 3 nitrogen and oxygen atoms in total. The molecular weight excluding hydrogens is 200 g/mol. The number of hydrogen-bond donors (Lipinski definition) is 1. The predicted molar refractivity (Wildman–Crippen MR) is 57.8 cm³/mol. The average Bonchev–Trinajstić information content (AvgIpc) is 2.10. The Kier molecular flexibility index (Phi) is 4.35. The summed E-state index contributed by atoms with van der Waals surface area (Å²) in [4.78, 5) is 6.60. The van der Waals surface area contributed by atoms with Crippen molar-refractivity contribution in [3.05, 3.63) is 34.3 Å². The van der Waals surface area contributed by atoms with Gasteiger partial charge in [-0.05, 0) is 31.3 Å². The molecule has 78 valence electrons. The lowest BCUT2D eigenvalue weighted by Gasteiger charge is -2.11. The van der Waals surface area contributed by atoms with E-state index < -0.39 is 0 Å². The van der Waals surface area contributed by atoms with Gasteiger partial charge >= 0.3 is 0 Å². The highest BCUT2D eigenvalue weighted by Crippen LogP contribution is 2.19. The molecule has 0 spiro atoms. The van der Waals surface area contributed by atoms with E-state index in [-0.39, 0.29) is 0 Å². The fraction of sp³-hybridized carbons (Fsp3) is 0.400. The van der Waals surface area contributed by atoms with Crippen LogP contribution in [0.25, 0.3) is 0 Å². The molecule has 0 saturated carbocycles. The molecule has 0 heterocycles. The van der Waals surface area contributed by atoms with Crippen molar-refractivity contribution >= 4 is 11.6 Å². The molecule has 1 aromatic rings. The van der Waals surface area contributed by atoms with Gasteiger partial charge in [-0.25, -0.2) is 5.90 Å². The minimum absolute atomic E-state index is 0.391. The van der Waals surface area contributed by atoms with Gasteiger partial charge in [0.2, 0.25) is 0 Å². The van der Waals surface area contributed by atoms with Crippen LogP contribution in [0.1, 0.15) is 11.1 Å². The Labute approximate surface area is 89.4 Å². The molecule has 0 amide bonds. The van der Waals surface area contributed by atoms with Crippen LogP contribution >= 0.6 is 11.6 Å². The van der Waals surface area contributed by atoms with Crippen molar-refractivity contribution in [3.63, 3.8) is 0 Å². The molecule has 1 aromatic carbocycles. The fourth-order valence-corrected chi connectivity index (χ4v) is 1.51. The number of nitrogens with zero attached hydrogens (tertiary/aromatic N) is 1. The van der Waals surface area contributed by atoms with E-state index in [0.717, 1.165) is 22.7 Å². The van der Waals surface area contributed by atoms with Gasteiger partial charge in [0.1, 0.15) is 0 Å². The molecule has 0 atom stereocenters. The van der Waals surface area contributed by atoms with E-state index in [0.29, 0.717) is 6.61 Å². The summed E-state index contributed by atoms with van der Waals surface area (Å²) in [5.41, 5.74) is 2.09. The average molecular weight is 215 g/mol.